The lowest BCUT2D eigenvalue weighted by Crippen LogP contribution is -2.36. The number of carbonyl (C=O) groups is 2. The Hall–Kier alpha value is -1.88. The van der Waals surface area contributed by atoms with Crippen molar-refractivity contribution >= 4 is 34.3 Å². The van der Waals surface area contributed by atoms with E-state index in [-0.39, 0.29) is 30.7 Å². The summed E-state index contributed by atoms with van der Waals surface area (Å²) >= 11 is 5.93. The molecule has 1 aromatic heterocycles. The zero-order chi connectivity index (χ0) is 16.2. The van der Waals surface area contributed by atoms with Gasteiger partial charge in [-0.05, 0) is 31.0 Å². The van der Waals surface area contributed by atoms with Gasteiger partial charge in [0.25, 0.3) is 0 Å². The van der Waals surface area contributed by atoms with Gasteiger partial charge in [-0.2, -0.15) is 5.10 Å². The Labute approximate surface area is 140 Å². The molecule has 0 atom stereocenters. The molecule has 1 aliphatic carbocycles. The number of halogens is 1. The van der Waals surface area contributed by atoms with Crippen molar-refractivity contribution in [3.8, 4) is 0 Å². The Bertz CT molecular complexity index is 720. The van der Waals surface area contributed by atoms with E-state index in [1.165, 1.54) is 23.9 Å². The highest BCUT2D eigenvalue weighted by molar-refractivity contribution is 6.31. The molecule has 122 valence electrons. The predicted molar refractivity (Wildman–Crippen MR) is 89.6 cm³/mol. The van der Waals surface area contributed by atoms with Crippen molar-refractivity contribution in [2.75, 3.05) is 0 Å². The van der Waals surface area contributed by atoms with Gasteiger partial charge in [0.05, 0.1) is 11.7 Å². The summed E-state index contributed by atoms with van der Waals surface area (Å²) in [4.78, 5) is 24.3. The van der Waals surface area contributed by atoms with Crippen molar-refractivity contribution in [3.63, 3.8) is 0 Å². The maximum Gasteiger partial charge on any atom is 0.247 e. The van der Waals surface area contributed by atoms with Gasteiger partial charge in [0.2, 0.25) is 11.8 Å². The lowest BCUT2D eigenvalue weighted by atomic mass is 9.95. The molecular formula is C17H20ClN3O2. The van der Waals surface area contributed by atoms with E-state index in [2.05, 4.69) is 10.4 Å². The first-order chi connectivity index (χ1) is 11.1. The summed E-state index contributed by atoms with van der Waals surface area (Å²) in [6.45, 7) is 0. The maximum absolute atomic E-state index is 12.3. The van der Waals surface area contributed by atoms with Gasteiger partial charge >= 0.3 is 0 Å². The molecule has 0 saturated heterocycles. The molecule has 6 heteroatoms. The first kappa shape index (κ1) is 16.0. The number of aromatic nitrogens is 2. The number of rotatable bonds is 4. The van der Waals surface area contributed by atoms with Gasteiger partial charge in [-0.25, -0.2) is 4.68 Å². The summed E-state index contributed by atoms with van der Waals surface area (Å²) in [5.74, 6) is -0.231. The number of nitrogens with one attached hydrogen (secondary N) is 1. The van der Waals surface area contributed by atoms with Crippen LogP contribution in [0.4, 0.5) is 0 Å². The van der Waals surface area contributed by atoms with Crippen LogP contribution in [0.15, 0.2) is 24.4 Å². The predicted octanol–water partition coefficient (Wildman–Crippen LogP) is 3.56. The molecule has 1 aliphatic rings. The van der Waals surface area contributed by atoms with Gasteiger partial charge < -0.3 is 5.32 Å². The second-order valence-corrected chi connectivity index (χ2v) is 6.49. The number of benzene rings is 1. The van der Waals surface area contributed by atoms with Gasteiger partial charge in [-0.1, -0.05) is 30.9 Å². The SMILES string of the molecule is O=C(CCC(=O)n1ncc2cc(Cl)ccc21)NC1CCCCC1. The first-order valence-electron chi connectivity index (χ1n) is 8.09. The molecule has 3 rings (SSSR count). The Kier molecular flexibility index (Phi) is 4.96. The molecule has 0 radical (unpaired) electrons. The average molecular weight is 334 g/mol. The molecule has 0 bridgehead atoms. The minimum Gasteiger partial charge on any atom is -0.353 e. The second kappa shape index (κ2) is 7.13. The maximum atomic E-state index is 12.3. The fourth-order valence-corrected chi connectivity index (χ4v) is 3.26. The number of hydrogen-bond acceptors (Lipinski definition) is 3. The van der Waals surface area contributed by atoms with Crippen LogP contribution in [-0.2, 0) is 4.79 Å². The van der Waals surface area contributed by atoms with E-state index in [0.717, 1.165) is 18.2 Å². The van der Waals surface area contributed by atoms with Gasteiger partial charge in [0, 0.05) is 29.3 Å². The van der Waals surface area contributed by atoms with Gasteiger partial charge in [0.15, 0.2) is 0 Å². The van der Waals surface area contributed by atoms with E-state index in [4.69, 9.17) is 11.6 Å². The van der Waals surface area contributed by atoms with Crippen LogP contribution < -0.4 is 5.32 Å². The van der Waals surface area contributed by atoms with Crippen molar-refractivity contribution in [3.05, 3.63) is 29.4 Å². The Morgan fingerprint density at radius 2 is 2.00 bits per heavy atom. The van der Waals surface area contributed by atoms with Crippen molar-refractivity contribution < 1.29 is 9.59 Å². The fourth-order valence-electron chi connectivity index (χ4n) is 3.08. The lowest BCUT2D eigenvalue weighted by molar-refractivity contribution is -0.122. The monoisotopic (exact) mass is 333 g/mol. The van der Waals surface area contributed by atoms with Crippen LogP contribution in [0.2, 0.25) is 5.02 Å². The van der Waals surface area contributed by atoms with Gasteiger partial charge in [-0.3, -0.25) is 9.59 Å². The van der Waals surface area contributed by atoms with Crippen LogP contribution in [0.25, 0.3) is 10.9 Å². The lowest BCUT2D eigenvalue weighted by Gasteiger charge is -2.22. The smallest absolute Gasteiger partial charge is 0.247 e. The van der Waals surface area contributed by atoms with Crippen molar-refractivity contribution in [1.82, 2.24) is 15.1 Å². The van der Waals surface area contributed by atoms with E-state index in [1.807, 2.05) is 0 Å². The number of nitrogens with zero attached hydrogens (tertiary/aromatic N) is 2. The molecular weight excluding hydrogens is 314 g/mol. The molecule has 1 fully saturated rings. The van der Waals surface area contributed by atoms with E-state index < -0.39 is 0 Å². The molecule has 23 heavy (non-hydrogen) atoms. The quantitative estimate of drug-likeness (QED) is 0.930. The highest BCUT2D eigenvalue weighted by Crippen LogP contribution is 2.20. The Balaban J connectivity index is 1.56. The van der Waals surface area contributed by atoms with Gasteiger partial charge in [0.1, 0.15) is 0 Å². The normalized spacial score (nSPS) is 15.7. The third-order valence-electron chi connectivity index (χ3n) is 4.30. The molecule has 0 spiro atoms. The number of carbonyl (C=O) groups excluding carboxylic acids is 2. The van der Waals surface area contributed by atoms with Crippen LogP contribution in [-0.4, -0.2) is 27.6 Å². The Morgan fingerprint density at radius 1 is 1.22 bits per heavy atom. The van der Waals surface area contributed by atoms with Gasteiger partial charge in [-0.15, -0.1) is 0 Å². The molecule has 0 unspecified atom stereocenters. The van der Waals surface area contributed by atoms with Crippen molar-refractivity contribution in [2.24, 2.45) is 0 Å². The molecule has 1 amide bonds. The van der Waals surface area contributed by atoms with E-state index in [0.29, 0.717) is 10.5 Å². The number of hydrogen-bond donors (Lipinski definition) is 1. The molecule has 1 aromatic carbocycles. The Morgan fingerprint density at radius 3 is 2.78 bits per heavy atom. The van der Waals surface area contributed by atoms with E-state index in [9.17, 15) is 9.59 Å². The standard InChI is InChI=1S/C17H20ClN3O2/c18-13-6-7-15-12(10-13)11-19-21(15)17(23)9-8-16(22)20-14-4-2-1-3-5-14/h6-7,10-11,14H,1-5,8-9H2,(H,20,22). The molecule has 1 saturated carbocycles. The largest absolute Gasteiger partial charge is 0.353 e. The summed E-state index contributed by atoms with van der Waals surface area (Å²) in [6, 6.07) is 5.54. The van der Waals surface area contributed by atoms with Crippen LogP contribution >= 0.6 is 11.6 Å². The third kappa shape index (κ3) is 3.91. The summed E-state index contributed by atoms with van der Waals surface area (Å²) < 4.78 is 1.35. The fraction of sp³-hybridized carbons (Fsp3) is 0.471. The summed E-state index contributed by atoms with van der Waals surface area (Å²) in [5.41, 5.74) is 0.715. The second-order valence-electron chi connectivity index (χ2n) is 6.06. The first-order valence-corrected chi connectivity index (χ1v) is 8.47. The van der Waals surface area contributed by atoms with Crippen LogP contribution in [0.5, 0.6) is 0 Å². The van der Waals surface area contributed by atoms with Crippen LogP contribution in [0.3, 0.4) is 0 Å². The van der Waals surface area contributed by atoms with Crippen LogP contribution in [0, 0.1) is 0 Å². The number of fused-ring (bicyclic) bond motifs is 1. The minimum absolute atomic E-state index is 0.0512. The topological polar surface area (TPSA) is 64.0 Å². The van der Waals surface area contributed by atoms with Crippen molar-refractivity contribution in [2.45, 2.75) is 51.0 Å². The van der Waals surface area contributed by atoms with Crippen LogP contribution in [0.1, 0.15) is 49.7 Å². The minimum atomic E-state index is -0.180. The zero-order valence-corrected chi connectivity index (χ0v) is 13.7. The molecule has 5 nitrogen and oxygen atoms in total. The van der Waals surface area contributed by atoms with Crippen molar-refractivity contribution in [1.29, 1.82) is 0 Å². The zero-order valence-electron chi connectivity index (χ0n) is 12.9. The van der Waals surface area contributed by atoms with E-state index in [1.54, 1.807) is 24.4 Å². The summed E-state index contributed by atoms with van der Waals surface area (Å²) in [7, 11) is 0. The summed E-state index contributed by atoms with van der Waals surface area (Å²) in [6.07, 6.45) is 7.65. The molecule has 2 aromatic rings. The van der Waals surface area contributed by atoms with E-state index >= 15 is 0 Å². The highest BCUT2D eigenvalue weighted by Gasteiger charge is 2.17. The molecule has 1 N–H and O–H groups in total. The average Bonchev–Trinajstić information content (AvgIpc) is 2.96. The number of amides is 1. The molecule has 1 heterocycles. The summed E-state index contributed by atoms with van der Waals surface area (Å²) in [5, 5.41) is 8.56. The third-order valence-corrected chi connectivity index (χ3v) is 4.54. The molecule has 0 aliphatic heterocycles. The highest BCUT2D eigenvalue weighted by atomic mass is 35.5.